The number of nitrogens with one attached hydrogen (secondary N) is 1. The number of carbonyl (C=O) groups excluding carboxylic acids is 1. The number of alkyl halides is 1. The molecule has 2 nitrogen and oxygen atoms in total. The van der Waals surface area contributed by atoms with Gasteiger partial charge in [-0.2, -0.15) is 0 Å². The average molecular weight is 295 g/mol. The van der Waals surface area contributed by atoms with Crippen LogP contribution in [0.3, 0.4) is 0 Å². The van der Waals surface area contributed by atoms with E-state index in [2.05, 4.69) is 5.32 Å². The van der Waals surface area contributed by atoms with Gasteiger partial charge in [0.25, 0.3) is 0 Å². The summed E-state index contributed by atoms with van der Waals surface area (Å²) in [5, 5.41) is 3.59. The fraction of sp³-hybridized carbons (Fsp3) is 0.417. The van der Waals surface area contributed by atoms with E-state index in [1.807, 2.05) is 6.92 Å². The molecule has 0 saturated heterocycles. The van der Waals surface area contributed by atoms with Crippen LogP contribution in [0.15, 0.2) is 12.1 Å². The maximum absolute atomic E-state index is 12.0. The molecule has 0 saturated carbocycles. The van der Waals surface area contributed by atoms with Gasteiger partial charge in [0.2, 0.25) is 5.91 Å². The molecule has 0 aliphatic rings. The summed E-state index contributed by atoms with van der Waals surface area (Å²) in [4.78, 5) is 12.0. The Labute approximate surface area is 116 Å². The van der Waals surface area contributed by atoms with Crippen molar-refractivity contribution in [2.24, 2.45) is 5.41 Å². The summed E-state index contributed by atoms with van der Waals surface area (Å²) in [6, 6.07) is 3.50. The van der Waals surface area contributed by atoms with Crippen molar-refractivity contribution in [3.8, 4) is 0 Å². The molecule has 0 aliphatic heterocycles. The number of amides is 1. The van der Waals surface area contributed by atoms with E-state index in [-0.39, 0.29) is 11.8 Å². The molecule has 0 radical (unpaired) electrons. The van der Waals surface area contributed by atoms with Crippen molar-refractivity contribution < 1.29 is 4.79 Å². The third-order valence-electron chi connectivity index (χ3n) is 2.47. The summed E-state index contributed by atoms with van der Waals surface area (Å²) < 4.78 is 0. The summed E-state index contributed by atoms with van der Waals surface area (Å²) in [6.07, 6.45) is 0. The number of benzene rings is 1. The minimum Gasteiger partial charge on any atom is -0.323 e. The van der Waals surface area contributed by atoms with Crippen LogP contribution in [0, 0.1) is 12.3 Å². The van der Waals surface area contributed by atoms with Crippen molar-refractivity contribution in [2.75, 3.05) is 11.2 Å². The average Bonchev–Trinajstić information content (AvgIpc) is 2.29. The Balaban J connectivity index is 3.04. The monoisotopic (exact) mass is 293 g/mol. The molecule has 0 unspecified atom stereocenters. The Kier molecular flexibility index (Phi) is 4.70. The predicted molar refractivity (Wildman–Crippen MR) is 74.3 cm³/mol. The van der Waals surface area contributed by atoms with E-state index in [1.165, 1.54) is 0 Å². The normalized spacial score (nSPS) is 11.4. The highest BCUT2D eigenvalue weighted by Gasteiger charge is 2.27. The Bertz CT molecular complexity index is 444. The van der Waals surface area contributed by atoms with E-state index in [1.54, 1.807) is 26.0 Å². The number of hydrogen-bond acceptors (Lipinski definition) is 1. The molecule has 1 N–H and O–H groups in total. The number of halogens is 3. The first-order chi connectivity index (χ1) is 7.79. The van der Waals surface area contributed by atoms with Crippen molar-refractivity contribution >= 4 is 46.4 Å². The van der Waals surface area contributed by atoms with E-state index >= 15 is 0 Å². The van der Waals surface area contributed by atoms with Crippen LogP contribution >= 0.6 is 34.8 Å². The summed E-state index contributed by atoms with van der Waals surface area (Å²) in [6.45, 7) is 5.36. The van der Waals surface area contributed by atoms with Crippen LogP contribution in [0.1, 0.15) is 19.4 Å². The first-order valence-corrected chi connectivity index (χ1v) is 6.40. The van der Waals surface area contributed by atoms with Crippen LogP contribution in [-0.2, 0) is 4.79 Å². The van der Waals surface area contributed by atoms with E-state index < -0.39 is 5.41 Å². The third kappa shape index (κ3) is 3.27. The molecule has 0 heterocycles. The maximum atomic E-state index is 12.0. The van der Waals surface area contributed by atoms with Gasteiger partial charge >= 0.3 is 0 Å². The Morgan fingerprint density at radius 3 is 2.47 bits per heavy atom. The van der Waals surface area contributed by atoms with E-state index in [0.29, 0.717) is 15.7 Å². The largest absolute Gasteiger partial charge is 0.323 e. The molecule has 0 fully saturated rings. The van der Waals surface area contributed by atoms with E-state index in [0.717, 1.165) is 5.56 Å². The molecule has 1 aromatic rings. The quantitative estimate of drug-likeness (QED) is 0.817. The minimum absolute atomic E-state index is 0.207. The number of aryl methyl sites for hydroxylation is 1. The molecule has 1 amide bonds. The van der Waals surface area contributed by atoms with Gasteiger partial charge in [-0.3, -0.25) is 4.79 Å². The molecule has 0 bridgehead atoms. The number of hydrogen-bond donors (Lipinski definition) is 1. The molecule has 1 rings (SSSR count). The van der Waals surface area contributed by atoms with Crippen LogP contribution in [0.5, 0.6) is 0 Å². The lowest BCUT2D eigenvalue weighted by atomic mass is 9.95. The third-order valence-corrected chi connectivity index (χ3v) is 3.94. The highest BCUT2D eigenvalue weighted by molar-refractivity contribution is 6.40. The highest BCUT2D eigenvalue weighted by atomic mass is 35.5. The second kappa shape index (κ2) is 5.47. The van der Waals surface area contributed by atoms with Gasteiger partial charge in [-0.1, -0.05) is 29.3 Å². The lowest BCUT2D eigenvalue weighted by Gasteiger charge is -2.21. The Hall–Kier alpha value is -0.440. The lowest BCUT2D eigenvalue weighted by molar-refractivity contribution is -0.122. The molecule has 1 aromatic carbocycles. The SMILES string of the molecule is Cc1ccc(Cl)c(NC(=O)C(C)(C)CCl)c1Cl. The van der Waals surface area contributed by atoms with Crippen LogP contribution < -0.4 is 5.32 Å². The van der Waals surface area contributed by atoms with Gasteiger partial charge in [-0.25, -0.2) is 0 Å². The number of rotatable bonds is 3. The van der Waals surface area contributed by atoms with Crippen LogP contribution in [0.4, 0.5) is 5.69 Å². The van der Waals surface area contributed by atoms with Crippen molar-refractivity contribution in [1.82, 2.24) is 0 Å². The summed E-state index contributed by atoms with van der Waals surface area (Å²) in [7, 11) is 0. The van der Waals surface area contributed by atoms with Crippen molar-refractivity contribution in [1.29, 1.82) is 0 Å². The molecule has 0 aromatic heterocycles. The minimum atomic E-state index is -0.669. The molecule has 5 heteroatoms. The van der Waals surface area contributed by atoms with Crippen molar-refractivity contribution in [3.05, 3.63) is 27.7 Å². The summed E-state index contributed by atoms with van der Waals surface area (Å²) >= 11 is 17.8. The standard InChI is InChI=1S/C12H14Cl3NO/c1-7-4-5-8(14)10(9(7)15)16-11(17)12(2,3)6-13/h4-5H,6H2,1-3H3,(H,16,17). The zero-order valence-electron chi connectivity index (χ0n) is 9.90. The van der Waals surface area contributed by atoms with Crippen LogP contribution in [0.25, 0.3) is 0 Å². The smallest absolute Gasteiger partial charge is 0.231 e. The first kappa shape index (κ1) is 14.6. The molecule has 94 valence electrons. The predicted octanol–water partition coefficient (Wildman–Crippen LogP) is 4.51. The van der Waals surface area contributed by atoms with Gasteiger partial charge in [-0.15, -0.1) is 11.6 Å². The molecular weight excluding hydrogens is 280 g/mol. The summed E-state index contributed by atoms with van der Waals surface area (Å²) in [5.74, 6) is 0.0155. The second-order valence-electron chi connectivity index (χ2n) is 4.52. The summed E-state index contributed by atoms with van der Waals surface area (Å²) in [5.41, 5.74) is 0.629. The Morgan fingerprint density at radius 2 is 1.94 bits per heavy atom. The van der Waals surface area contributed by atoms with Crippen LogP contribution in [-0.4, -0.2) is 11.8 Å². The van der Waals surface area contributed by atoms with Crippen molar-refractivity contribution in [2.45, 2.75) is 20.8 Å². The van der Waals surface area contributed by atoms with Gasteiger partial charge < -0.3 is 5.32 Å². The molecule has 17 heavy (non-hydrogen) atoms. The fourth-order valence-corrected chi connectivity index (χ4v) is 1.70. The number of anilines is 1. The lowest BCUT2D eigenvalue weighted by Crippen LogP contribution is -2.32. The first-order valence-electron chi connectivity index (χ1n) is 5.11. The van der Waals surface area contributed by atoms with E-state index in [9.17, 15) is 4.79 Å². The van der Waals surface area contributed by atoms with Gasteiger partial charge in [0.05, 0.1) is 21.1 Å². The zero-order chi connectivity index (χ0) is 13.2. The van der Waals surface area contributed by atoms with Gasteiger partial charge in [-0.05, 0) is 32.4 Å². The highest BCUT2D eigenvalue weighted by Crippen LogP contribution is 2.34. The second-order valence-corrected chi connectivity index (χ2v) is 5.58. The van der Waals surface area contributed by atoms with Gasteiger partial charge in [0.15, 0.2) is 0 Å². The molecule has 0 aliphatic carbocycles. The molecule has 0 atom stereocenters. The molecular formula is C12H14Cl3NO. The van der Waals surface area contributed by atoms with E-state index in [4.69, 9.17) is 34.8 Å². The van der Waals surface area contributed by atoms with Crippen molar-refractivity contribution in [3.63, 3.8) is 0 Å². The van der Waals surface area contributed by atoms with Crippen LogP contribution in [0.2, 0.25) is 10.0 Å². The molecule has 0 spiro atoms. The zero-order valence-corrected chi connectivity index (χ0v) is 12.2. The van der Waals surface area contributed by atoms with Gasteiger partial charge in [0.1, 0.15) is 0 Å². The fourth-order valence-electron chi connectivity index (χ4n) is 1.11. The Morgan fingerprint density at radius 1 is 1.35 bits per heavy atom. The maximum Gasteiger partial charge on any atom is 0.231 e. The van der Waals surface area contributed by atoms with Gasteiger partial charge in [0, 0.05) is 5.88 Å². The topological polar surface area (TPSA) is 29.1 Å². The number of carbonyl (C=O) groups is 1.